The highest BCUT2D eigenvalue weighted by molar-refractivity contribution is 5.77. The van der Waals surface area contributed by atoms with Gasteiger partial charge in [0, 0.05) is 18.7 Å². The molecule has 8 nitrogen and oxygen atoms in total. The number of ether oxygens (including phenoxy) is 1. The first kappa shape index (κ1) is 20.5. The number of hydrogen-bond donors (Lipinski definition) is 2. The number of aromatic nitrogens is 4. The van der Waals surface area contributed by atoms with Crippen molar-refractivity contribution in [2.45, 2.75) is 32.9 Å². The number of rotatable bonds is 7. The van der Waals surface area contributed by atoms with Gasteiger partial charge in [-0.25, -0.2) is 9.78 Å². The molecule has 0 spiro atoms. The number of hydrogen-bond acceptors (Lipinski definition) is 5. The first-order valence-electron chi connectivity index (χ1n) is 10.2. The van der Waals surface area contributed by atoms with Gasteiger partial charge in [0.1, 0.15) is 5.82 Å². The van der Waals surface area contributed by atoms with Crippen molar-refractivity contribution in [2.24, 2.45) is 0 Å². The molecular weight excluding hydrogens is 396 g/mol. The van der Waals surface area contributed by atoms with Crippen LogP contribution in [0.5, 0.6) is 11.5 Å². The molecule has 0 aliphatic rings. The van der Waals surface area contributed by atoms with E-state index in [1.807, 2.05) is 37.3 Å². The molecule has 2 aromatic heterocycles. The molecule has 31 heavy (non-hydrogen) atoms. The van der Waals surface area contributed by atoms with Gasteiger partial charge in [0.15, 0.2) is 22.7 Å². The van der Waals surface area contributed by atoms with Gasteiger partial charge in [0.2, 0.25) is 0 Å². The summed E-state index contributed by atoms with van der Waals surface area (Å²) in [4.78, 5) is 32.6. The number of unbranched alkanes of at least 4 members (excludes halogenated alkanes) is 1. The standard InChI is InChI=1S/C23H24N4O4/c1-3-4-12-26-21-19(22(29)25-23(26)30)27(14-15-8-6-5-7-9-15)20(24-21)16-10-11-17(28)18(13-16)31-2/h5-11,13,28H,3-4,12,14H2,1-2H3,(H,25,29,30). The number of nitrogens with one attached hydrogen (secondary N) is 1. The number of aryl methyl sites for hydroxylation is 1. The molecule has 0 fully saturated rings. The van der Waals surface area contributed by atoms with Gasteiger partial charge in [-0.05, 0) is 30.2 Å². The third kappa shape index (κ3) is 3.84. The van der Waals surface area contributed by atoms with E-state index >= 15 is 0 Å². The molecule has 0 atom stereocenters. The summed E-state index contributed by atoms with van der Waals surface area (Å²) >= 11 is 0. The number of benzene rings is 2. The highest BCUT2D eigenvalue weighted by atomic mass is 16.5. The number of nitrogens with zero attached hydrogens (tertiary/aromatic N) is 3. The lowest BCUT2D eigenvalue weighted by Gasteiger charge is -2.11. The summed E-state index contributed by atoms with van der Waals surface area (Å²) in [6.45, 7) is 2.89. The molecule has 0 saturated carbocycles. The second-order valence-electron chi connectivity index (χ2n) is 7.33. The quantitative estimate of drug-likeness (QED) is 0.478. The van der Waals surface area contributed by atoms with Crippen LogP contribution in [0.3, 0.4) is 0 Å². The minimum absolute atomic E-state index is 0.00896. The third-order valence-electron chi connectivity index (χ3n) is 5.24. The Labute approximate surface area is 178 Å². The normalized spacial score (nSPS) is 11.2. The van der Waals surface area contributed by atoms with Crippen LogP contribution in [0.25, 0.3) is 22.6 Å². The number of phenolic OH excluding ortho intramolecular Hbond substituents is 1. The van der Waals surface area contributed by atoms with E-state index in [0.29, 0.717) is 41.4 Å². The topological polar surface area (TPSA) is 102 Å². The summed E-state index contributed by atoms with van der Waals surface area (Å²) in [5.41, 5.74) is 1.38. The van der Waals surface area contributed by atoms with Crippen molar-refractivity contribution in [1.82, 2.24) is 19.1 Å². The summed E-state index contributed by atoms with van der Waals surface area (Å²) in [7, 11) is 1.47. The maximum absolute atomic E-state index is 12.9. The van der Waals surface area contributed by atoms with Crippen LogP contribution in [-0.2, 0) is 13.1 Å². The van der Waals surface area contributed by atoms with E-state index in [1.54, 1.807) is 16.7 Å². The molecule has 160 valence electrons. The summed E-state index contributed by atoms with van der Waals surface area (Å²) in [5.74, 6) is 0.821. The van der Waals surface area contributed by atoms with E-state index in [0.717, 1.165) is 18.4 Å². The Hall–Kier alpha value is -3.81. The Balaban J connectivity index is 2.01. The van der Waals surface area contributed by atoms with Crippen molar-refractivity contribution >= 4 is 11.2 Å². The van der Waals surface area contributed by atoms with Crippen LogP contribution in [0, 0.1) is 0 Å². The molecule has 2 aromatic carbocycles. The molecule has 4 aromatic rings. The number of phenols is 1. The SMILES string of the molecule is CCCCn1c(=O)[nH]c(=O)c2c1nc(-c1ccc(O)c(OC)c1)n2Cc1ccccc1. The van der Waals surface area contributed by atoms with Gasteiger partial charge >= 0.3 is 5.69 Å². The van der Waals surface area contributed by atoms with Crippen LogP contribution in [-0.4, -0.2) is 31.3 Å². The van der Waals surface area contributed by atoms with Gasteiger partial charge in [-0.1, -0.05) is 43.7 Å². The lowest BCUT2D eigenvalue weighted by Crippen LogP contribution is -2.31. The molecule has 2 N–H and O–H groups in total. The molecule has 0 amide bonds. The number of aromatic amines is 1. The van der Waals surface area contributed by atoms with E-state index in [9.17, 15) is 14.7 Å². The zero-order chi connectivity index (χ0) is 22.0. The largest absolute Gasteiger partial charge is 0.504 e. The molecule has 0 bridgehead atoms. The first-order chi connectivity index (χ1) is 15.0. The monoisotopic (exact) mass is 420 g/mol. The van der Waals surface area contributed by atoms with Crippen LogP contribution in [0.2, 0.25) is 0 Å². The second kappa shape index (κ2) is 8.51. The Morgan fingerprint density at radius 3 is 2.58 bits per heavy atom. The zero-order valence-electron chi connectivity index (χ0n) is 17.5. The maximum atomic E-state index is 12.9. The fraction of sp³-hybridized carbons (Fsp3) is 0.261. The summed E-state index contributed by atoms with van der Waals surface area (Å²) in [6.07, 6.45) is 1.69. The molecule has 0 saturated heterocycles. The summed E-state index contributed by atoms with van der Waals surface area (Å²) in [6, 6.07) is 14.6. The number of imidazole rings is 1. The number of methoxy groups -OCH3 is 1. The lowest BCUT2D eigenvalue weighted by atomic mass is 10.1. The lowest BCUT2D eigenvalue weighted by molar-refractivity contribution is 0.373. The highest BCUT2D eigenvalue weighted by Crippen LogP contribution is 2.32. The fourth-order valence-corrected chi connectivity index (χ4v) is 3.65. The van der Waals surface area contributed by atoms with Crippen LogP contribution >= 0.6 is 0 Å². The predicted molar refractivity (Wildman–Crippen MR) is 119 cm³/mol. The number of aromatic hydroxyl groups is 1. The van der Waals surface area contributed by atoms with Crippen molar-refractivity contribution in [3.63, 3.8) is 0 Å². The molecule has 0 aliphatic carbocycles. The minimum atomic E-state index is -0.479. The van der Waals surface area contributed by atoms with Gasteiger partial charge in [0.25, 0.3) is 5.56 Å². The minimum Gasteiger partial charge on any atom is -0.504 e. The molecule has 8 heteroatoms. The number of H-pyrrole nitrogens is 1. The predicted octanol–water partition coefficient (Wildman–Crippen LogP) is 3.12. The van der Waals surface area contributed by atoms with Crippen molar-refractivity contribution in [2.75, 3.05) is 7.11 Å². The average Bonchev–Trinajstić information content (AvgIpc) is 3.14. The number of fused-ring (bicyclic) bond motifs is 1. The molecule has 0 unspecified atom stereocenters. The maximum Gasteiger partial charge on any atom is 0.330 e. The molecule has 2 heterocycles. The average molecular weight is 420 g/mol. The van der Waals surface area contributed by atoms with Gasteiger partial charge < -0.3 is 14.4 Å². The first-order valence-corrected chi connectivity index (χ1v) is 10.2. The van der Waals surface area contributed by atoms with Gasteiger partial charge in [-0.3, -0.25) is 14.3 Å². The van der Waals surface area contributed by atoms with Gasteiger partial charge in [-0.15, -0.1) is 0 Å². The van der Waals surface area contributed by atoms with Crippen LogP contribution < -0.4 is 16.0 Å². The van der Waals surface area contributed by atoms with Crippen LogP contribution in [0.15, 0.2) is 58.1 Å². The highest BCUT2D eigenvalue weighted by Gasteiger charge is 2.20. The van der Waals surface area contributed by atoms with E-state index in [1.165, 1.54) is 17.7 Å². The van der Waals surface area contributed by atoms with E-state index < -0.39 is 11.2 Å². The summed E-state index contributed by atoms with van der Waals surface area (Å²) < 4.78 is 8.57. The molecular formula is C23H24N4O4. The third-order valence-corrected chi connectivity index (χ3v) is 5.24. The Kier molecular flexibility index (Phi) is 5.62. The van der Waals surface area contributed by atoms with Crippen molar-refractivity contribution in [3.8, 4) is 22.9 Å². The van der Waals surface area contributed by atoms with Crippen molar-refractivity contribution in [1.29, 1.82) is 0 Å². The van der Waals surface area contributed by atoms with Crippen molar-refractivity contribution in [3.05, 3.63) is 74.9 Å². The Morgan fingerprint density at radius 2 is 1.87 bits per heavy atom. The van der Waals surface area contributed by atoms with Gasteiger partial charge in [0.05, 0.1) is 7.11 Å². The van der Waals surface area contributed by atoms with Crippen LogP contribution in [0.4, 0.5) is 0 Å². The molecule has 4 rings (SSSR count). The van der Waals surface area contributed by atoms with Crippen molar-refractivity contribution < 1.29 is 9.84 Å². The molecule has 0 radical (unpaired) electrons. The second-order valence-corrected chi connectivity index (χ2v) is 7.33. The fourth-order valence-electron chi connectivity index (χ4n) is 3.65. The van der Waals surface area contributed by atoms with Gasteiger partial charge in [-0.2, -0.15) is 0 Å². The Morgan fingerprint density at radius 1 is 1.10 bits per heavy atom. The smallest absolute Gasteiger partial charge is 0.330 e. The van der Waals surface area contributed by atoms with Crippen LogP contribution in [0.1, 0.15) is 25.3 Å². The Bertz CT molecular complexity index is 1340. The van der Waals surface area contributed by atoms with E-state index in [4.69, 9.17) is 9.72 Å². The molecule has 0 aliphatic heterocycles. The van der Waals surface area contributed by atoms with E-state index in [-0.39, 0.29) is 5.75 Å². The summed E-state index contributed by atoms with van der Waals surface area (Å²) in [5, 5.41) is 10.00. The van der Waals surface area contributed by atoms with E-state index in [2.05, 4.69) is 4.98 Å². The zero-order valence-corrected chi connectivity index (χ0v) is 17.5.